The molecular weight excluding hydrogens is 311 g/mol. The topological polar surface area (TPSA) is 70.2 Å². The van der Waals surface area contributed by atoms with Crippen LogP contribution in [0, 0.1) is 11.6 Å². The quantitative estimate of drug-likeness (QED) is 0.713. The largest absolute Gasteiger partial charge is 0.352 e. The second kappa shape index (κ2) is 9.02. The Morgan fingerprint density at radius 1 is 1.17 bits per heavy atom. The fraction of sp³-hybridized carbons (Fsp3) is 0.467. The molecule has 0 heterocycles. The van der Waals surface area contributed by atoms with Crippen molar-refractivity contribution in [1.82, 2.24) is 16.0 Å². The van der Waals surface area contributed by atoms with E-state index in [1.54, 1.807) is 6.92 Å². The van der Waals surface area contributed by atoms with Crippen molar-refractivity contribution in [2.24, 2.45) is 0 Å². The van der Waals surface area contributed by atoms with Gasteiger partial charge >= 0.3 is 6.03 Å². The maximum absolute atomic E-state index is 13.6. The average Bonchev–Trinajstić information content (AvgIpc) is 2.50. The van der Waals surface area contributed by atoms with E-state index in [1.807, 2.05) is 0 Å². The van der Waals surface area contributed by atoms with Crippen LogP contribution in [0.15, 0.2) is 18.2 Å². The third-order valence-corrected chi connectivity index (χ3v) is 3.20. The number of urea groups is 1. The van der Waals surface area contributed by atoms with Gasteiger partial charge in [-0.15, -0.1) is 0 Å². The van der Waals surface area contributed by atoms with Crippen molar-refractivity contribution in [2.45, 2.75) is 25.8 Å². The number of nitrogens with one attached hydrogen (secondary N) is 3. The van der Waals surface area contributed by atoms with Gasteiger partial charge in [-0.25, -0.2) is 18.0 Å². The molecule has 0 saturated carbocycles. The molecule has 3 N–H and O–H groups in total. The third-order valence-electron chi connectivity index (χ3n) is 3.20. The number of halogens is 3. The molecule has 2 atom stereocenters. The molecule has 0 aliphatic rings. The molecule has 0 aliphatic heterocycles. The highest BCUT2D eigenvalue weighted by Gasteiger charge is 2.16. The maximum atomic E-state index is 13.6. The van der Waals surface area contributed by atoms with Crippen LogP contribution in [-0.4, -0.2) is 37.7 Å². The van der Waals surface area contributed by atoms with Gasteiger partial charge in [0.25, 0.3) is 0 Å². The summed E-state index contributed by atoms with van der Waals surface area (Å²) in [7, 11) is 0. The van der Waals surface area contributed by atoms with Crippen molar-refractivity contribution in [3.63, 3.8) is 0 Å². The highest BCUT2D eigenvalue weighted by molar-refractivity contribution is 5.86. The lowest BCUT2D eigenvalue weighted by atomic mass is 10.0. The molecule has 128 valence electrons. The predicted molar refractivity (Wildman–Crippen MR) is 79.8 cm³/mol. The maximum Gasteiger partial charge on any atom is 0.315 e. The smallest absolute Gasteiger partial charge is 0.315 e. The van der Waals surface area contributed by atoms with Crippen LogP contribution in [0.2, 0.25) is 0 Å². The Balaban J connectivity index is 2.44. The Morgan fingerprint density at radius 2 is 1.87 bits per heavy atom. The Labute approximate surface area is 132 Å². The number of hydrogen-bond acceptors (Lipinski definition) is 2. The number of rotatable bonds is 7. The zero-order valence-electron chi connectivity index (χ0n) is 13.0. The van der Waals surface area contributed by atoms with E-state index < -0.39 is 36.3 Å². The lowest BCUT2D eigenvalue weighted by molar-refractivity contribution is -0.122. The Hall–Kier alpha value is -2.25. The Morgan fingerprint density at radius 3 is 2.48 bits per heavy atom. The minimum absolute atomic E-state index is 0.104. The molecule has 3 amide bonds. The molecule has 1 rings (SSSR count). The second-order valence-corrected chi connectivity index (χ2v) is 5.12. The van der Waals surface area contributed by atoms with Crippen molar-refractivity contribution >= 4 is 11.9 Å². The molecule has 8 heteroatoms. The highest BCUT2D eigenvalue weighted by atomic mass is 19.1. The molecule has 0 aromatic heterocycles. The van der Waals surface area contributed by atoms with Crippen molar-refractivity contribution in [3.05, 3.63) is 35.4 Å². The summed E-state index contributed by atoms with van der Waals surface area (Å²) in [6.07, 6.45) is 0. The van der Waals surface area contributed by atoms with Crippen LogP contribution in [0.3, 0.4) is 0 Å². The van der Waals surface area contributed by atoms with E-state index in [4.69, 9.17) is 0 Å². The number of amides is 3. The average molecular weight is 331 g/mol. The molecule has 0 aliphatic carbocycles. The van der Waals surface area contributed by atoms with Gasteiger partial charge in [-0.1, -0.05) is 13.0 Å². The van der Waals surface area contributed by atoms with Crippen LogP contribution < -0.4 is 16.0 Å². The molecule has 0 spiro atoms. The number of hydrogen-bond donors (Lipinski definition) is 3. The summed E-state index contributed by atoms with van der Waals surface area (Å²) in [6.45, 7) is 2.43. The summed E-state index contributed by atoms with van der Waals surface area (Å²) in [6, 6.07) is 1.80. The molecule has 1 aromatic carbocycles. The fourth-order valence-electron chi connectivity index (χ4n) is 1.89. The SMILES string of the molecule is C[C@H](NC(=O)NC[C@@H](C)c1ccc(F)cc1F)C(=O)NCCF. The van der Waals surface area contributed by atoms with Gasteiger partial charge in [-0.3, -0.25) is 4.79 Å². The number of alkyl halides is 1. The van der Waals surface area contributed by atoms with E-state index in [0.717, 1.165) is 12.1 Å². The summed E-state index contributed by atoms with van der Waals surface area (Å²) in [5, 5.41) is 7.18. The summed E-state index contributed by atoms with van der Waals surface area (Å²) in [5.41, 5.74) is 0.278. The van der Waals surface area contributed by atoms with Gasteiger partial charge < -0.3 is 16.0 Å². The van der Waals surface area contributed by atoms with Gasteiger partial charge in [0.1, 0.15) is 24.4 Å². The lowest BCUT2D eigenvalue weighted by Gasteiger charge is -2.17. The molecule has 0 fully saturated rings. The second-order valence-electron chi connectivity index (χ2n) is 5.12. The van der Waals surface area contributed by atoms with Crippen LogP contribution in [0.5, 0.6) is 0 Å². The van der Waals surface area contributed by atoms with Gasteiger partial charge in [0, 0.05) is 25.1 Å². The highest BCUT2D eigenvalue weighted by Crippen LogP contribution is 2.18. The normalized spacial score (nSPS) is 13.1. The van der Waals surface area contributed by atoms with Crippen LogP contribution in [-0.2, 0) is 4.79 Å². The molecule has 0 saturated heterocycles. The van der Waals surface area contributed by atoms with E-state index in [-0.39, 0.29) is 24.6 Å². The van der Waals surface area contributed by atoms with Gasteiger partial charge in [0.05, 0.1) is 0 Å². The summed E-state index contributed by atoms with van der Waals surface area (Å²) in [5.74, 6) is -2.23. The first-order valence-electron chi connectivity index (χ1n) is 7.18. The van der Waals surface area contributed by atoms with E-state index in [9.17, 15) is 22.8 Å². The van der Waals surface area contributed by atoms with E-state index in [2.05, 4.69) is 16.0 Å². The van der Waals surface area contributed by atoms with Gasteiger partial charge in [0.2, 0.25) is 5.91 Å². The molecule has 0 bridgehead atoms. The molecule has 0 radical (unpaired) electrons. The number of benzene rings is 1. The molecule has 0 unspecified atom stereocenters. The van der Waals surface area contributed by atoms with Crippen LogP contribution in [0.1, 0.15) is 25.3 Å². The zero-order chi connectivity index (χ0) is 17.4. The molecule has 1 aromatic rings. The summed E-state index contributed by atoms with van der Waals surface area (Å²) in [4.78, 5) is 23.1. The van der Waals surface area contributed by atoms with E-state index in [1.165, 1.54) is 13.0 Å². The summed E-state index contributed by atoms with van der Waals surface area (Å²) >= 11 is 0. The van der Waals surface area contributed by atoms with Crippen LogP contribution in [0.25, 0.3) is 0 Å². The van der Waals surface area contributed by atoms with Crippen molar-refractivity contribution < 1.29 is 22.8 Å². The van der Waals surface area contributed by atoms with E-state index >= 15 is 0 Å². The zero-order valence-corrected chi connectivity index (χ0v) is 13.0. The Bertz CT molecular complexity index is 555. The van der Waals surface area contributed by atoms with Crippen molar-refractivity contribution in [1.29, 1.82) is 0 Å². The van der Waals surface area contributed by atoms with Gasteiger partial charge in [-0.2, -0.15) is 0 Å². The number of carbonyl (C=O) groups excluding carboxylic acids is 2. The predicted octanol–water partition coefficient (Wildman–Crippen LogP) is 1.84. The molecule has 23 heavy (non-hydrogen) atoms. The van der Waals surface area contributed by atoms with E-state index in [0.29, 0.717) is 0 Å². The first-order chi connectivity index (χ1) is 10.8. The lowest BCUT2D eigenvalue weighted by Crippen LogP contribution is -2.49. The number of carbonyl (C=O) groups is 2. The van der Waals surface area contributed by atoms with Crippen LogP contribution >= 0.6 is 0 Å². The fourth-order valence-corrected chi connectivity index (χ4v) is 1.89. The van der Waals surface area contributed by atoms with Crippen molar-refractivity contribution in [2.75, 3.05) is 19.8 Å². The minimum Gasteiger partial charge on any atom is -0.352 e. The standard InChI is InChI=1S/C15H20F3N3O2/c1-9(12-4-3-11(17)7-13(12)18)8-20-15(23)21-10(2)14(22)19-6-5-16/h3-4,7,9-10H,5-6,8H2,1-2H3,(H,19,22)(H2,20,21,23)/t9-,10+/m1/s1. The molecule has 5 nitrogen and oxygen atoms in total. The van der Waals surface area contributed by atoms with Crippen LogP contribution in [0.4, 0.5) is 18.0 Å². The summed E-state index contributed by atoms with van der Waals surface area (Å²) < 4.78 is 38.4. The molecular formula is C15H20F3N3O2. The third kappa shape index (κ3) is 6.17. The van der Waals surface area contributed by atoms with Gasteiger partial charge in [-0.05, 0) is 18.6 Å². The monoisotopic (exact) mass is 331 g/mol. The van der Waals surface area contributed by atoms with Gasteiger partial charge in [0.15, 0.2) is 0 Å². The Kier molecular flexibility index (Phi) is 7.37. The first-order valence-corrected chi connectivity index (χ1v) is 7.18. The first kappa shape index (κ1) is 18.8. The minimum atomic E-state index is -0.834. The van der Waals surface area contributed by atoms with Crippen molar-refractivity contribution in [3.8, 4) is 0 Å².